The second kappa shape index (κ2) is 6.92. The number of benzene rings is 2. The third-order valence-corrected chi connectivity index (χ3v) is 3.63. The van der Waals surface area contributed by atoms with E-state index in [1.165, 1.54) is 12.1 Å². The number of hydrogen-bond donors (Lipinski definition) is 1. The Morgan fingerprint density at radius 3 is 2.43 bits per heavy atom. The molecule has 0 fully saturated rings. The minimum absolute atomic E-state index is 0.243. The van der Waals surface area contributed by atoms with Gasteiger partial charge in [0.25, 0.3) is 0 Å². The van der Waals surface area contributed by atoms with Crippen molar-refractivity contribution in [3.8, 4) is 0 Å². The molecule has 0 aliphatic carbocycles. The van der Waals surface area contributed by atoms with Gasteiger partial charge in [0.15, 0.2) is 0 Å². The van der Waals surface area contributed by atoms with E-state index >= 15 is 0 Å². The second-order valence-corrected chi connectivity index (χ2v) is 5.73. The Morgan fingerprint density at radius 2 is 1.81 bits per heavy atom. The van der Waals surface area contributed by atoms with Crippen molar-refractivity contribution in [1.29, 1.82) is 0 Å². The number of nitrogens with zero attached hydrogens (tertiary/aromatic N) is 1. The summed E-state index contributed by atoms with van der Waals surface area (Å²) in [5.41, 5.74) is 2.96. The van der Waals surface area contributed by atoms with Crippen LogP contribution in [-0.4, -0.2) is 13.1 Å². The Hall–Kier alpha value is -1.58. The average Bonchev–Trinajstić information content (AvgIpc) is 2.45. The van der Waals surface area contributed by atoms with Gasteiger partial charge in [-0.3, -0.25) is 0 Å². The largest absolute Gasteiger partial charge is 0.343 e. The van der Waals surface area contributed by atoms with Crippen LogP contribution < -0.4 is 10.2 Å². The molecule has 112 valence electrons. The molecule has 0 aliphatic rings. The molecule has 2 aromatic carbocycles. The predicted octanol–water partition coefficient (Wildman–Crippen LogP) is 4.75. The summed E-state index contributed by atoms with van der Waals surface area (Å²) in [4.78, 5) is 1.99. The highest BCUT2D eigenvalue weighted by molar-refractivity contribution is 6.33. The summed E-state index contributed by atoms with van der Waals surface area (Å²) >= 11 is 6.38. The van der Waals surface area contributed by atoms with Gasteiger partial charge in [-0.15, -0.1) is 0 Å². The Kier molecular flexibility index (Phi) is 5.21. The molecular formula is C17H20ClFN2. The summed E-state index contributed by atoms with van der Waals surface area (Å²) in [7, 11) is 1.94. The van der Waals surface area contributed by atoms with E-state index in [1.807, 2.05) is 24.1 Å². The van der Waals surface area contributed by atoms with Crippen molar-refractivity contribution in [3.63, 3.8) is 0 Å². The lowest BCUT2D eigenvalue weighted by atomic mass is 10.1. The van der Waals surface area contributed by atoms with Crippen LogP contribution in [0.1, 0.15) is 19.4 Å². The van der Waals surface area contributed by atoms with E-state index in [2.05, 4.69) is 25.2 Å². The first-order chi connectivity index (χ1) is 9.99. The van der Waals surface area contributed by atoms with Crippen LogP contribution in [0.3, 0.4) is 0 Å². The van der Waals surface area contributed by atoms with Crippen molar-refractivity contribution < 1.29 is 4.39 Å². The maximum atomic E-state index is 13.1. The Labute approximate surface area is 130 Å². The molecule has 0 aliphatic heterocycles. The van der Waals surface area contributed by atoms with Gasteiger partial charge in [-0.1, -0.05) is 37.6 Å². The maximum Gasteiger partial charge on any atom is 0.123 e. The smallest absolute Gasteiger partial charge is 0.123 e. The molecule has 2 rings (SSSR count). The lowest BCUT2D eigenvalue weighted by Crippen LogP contribution is -2.23. The summed E-state index contributed by atoms with van der Waals surface area (Å²) in [5, 5.41) is 4.08. The quantitative estimate of drug-likeness (QED) is 0.858. The number of halogens is 2. The zero-order chi connectivity index (χ0) is 15.4. The first kappa shape index (κ1) is 15.8. The molecule has 0 radical (unpaired) electrons. The third kappa shape index (κ3) is 3.96. The van der Waals surface area contributed by atoms with E-state index in [9.17, 15) is 4.39 Å². The number of nitrogens with one attached hydrogen (secondary N) is 1. The fourth-order valence-corrected chi connectivity index (χ4v) is 2.51. The molecule has 0 saturated carbocycles. The van der Waals surface area contributed by atoms with Crippen molar-refractivity contribution in [1.82, 2.24) is 5.32 Å². The van der Waals surface area contributed by atoms with E-state index in [1.54, 1.807) is 12.1 Å². The van der Waals surface area contributed by atoms with Crippen LogP contribution in [0.2, 0.25) is 5.02 Å². The molecule has 0 spiro atoms. The molecule has 21 heavy (non-hydrogen) atoms. The van der Waals surface area contributed by atoms with Gasteiger partial charge in [-0.25, -0.2) is 4.39 Å². The van der Waals surface area contributed by atoms with E-state index < -0.39 is 0 Å². The molecule has 0 aromatic heterocycles. The Balaban J connectivity index is 2.34. The zero-order valence-electron chi connectivity index (χ0n) is 12.5. The number of para-hydroxylation sites is 1. The number of hydrogen-bond acceptors (Lipinski definition) is 2. The van der Waals surface area contributed by atoms with Gasteiger partial charge in [-0.05, 0) is 35.9 Å². The highest BCUT2D eigenvalue weighted by Crippen LogP contribution is 2.34. The predicted molar refractivity (Wildman–Crippen MR) is 87.9 cm³/mol. The van der Waals surface area contributed by atoms with Crippen molar-refractivity contribution in [3.05, 3.63) is 58.9 Å². The van der Waals surface area contributed by atoms with E-state index in [-0.39, 0.29) is 5.82 Å². The van der Waals surface area contributed by atoms with Gasteiger partial charge in [0.1, 0.15) is 5.82 Å². The van der Waals surface area contributed by atoms with Gasteiger partial charge in [0.2, 0.25) is 0 Å². The van der Waals surface area contributed by atoms with Crippen LogP contribution in [0.4, 0.5) is 15.8 Å². The summed E-state index contributed by atoms with van der Waals surface area (Å²) in [6.45, 7) is 4.95. The summed E-state index contributed by atoms with van der Waals surface area (Å²) in [6, 6.07) is 12.7. The van der Waals surface area contributed by atoms with Gasteiger partial charge < -0.3 is 10.2 Å². The zero-order valence-corrected chi connectivity index (χ0v) is 13.3. The summed E-state index contributed by atoms with van der Waals surface area (Å²) in [5.74, 6) is -0.243. The van der Waals surface area contributed by atoms with Gasteiger partial charge >= 0.3 is 0 Å². The second-order valence-electron chi connectivity index (χ2n) is 5.32. The fraction of sp³-hybridized carbons (Fsp3) is 0.294. The van der Waals surface area contributed by atoms with Crippen LogP contribution in [0.15, 0.2) is 42.5 Å². The molecule has 0 bridgehead atoms. The molecule has 0 unspecified atom stereocenters. The highest BCUT2D eigenvalue weighted by Gasteiger charge is 2.13. The first-order valence-corrected chi connectivity index (χ1v) is 7.37. The van der Waals surface area contributed by atoms with Crippen molar-refractivity contribution in [2.24, 2.45) is 0 Å². The summed E-state index contributed by atoms with van der Waals surface area (Å²) < 4.78 is 13.1. The van der Waals surface area contributed by atoms with E-state index in [0.717, 1.165) is 23.5 Å². The monoisotopic (exact) mass is 306 g/mol. The summed E-state index contributed by atoms with van der Waals surface area (Å²) in [6.07, 6.45) is 0. The minimum atomic E-state index is -0.243. The number of anilines is 2. The maximum absolute atomic E-state index is 13.1. The van der Waals surface area contributed by atoms with Gasteiger partial charge in [0, 0.05) is 25.3 Å². The van der Waals surface area contributed by atoms with E-state index in [4.69, 9.17) is 11.6 Å². The van der Waals surface area contributed by atoms with Gasteiger partial charge in [0.05, 0.1) is 10.7 Å². The molecule has 1 N–H and O–H groups in total. The van der Waals surface area contributed by atoms with Crippen LogP contribution in [0, 0.1) is 5.82 Å². The molecular weight excluding hydrogens is 287 g/mol. The van der Waals surface area contributed by atoms with Crippen LogP contribution >= 0.6 is 11.6 Å². The fourth-order valence-electron chi connectivity index (χ4n) is 2.19. The molecule has 4 heteroatoms. The minimum Gasteiger partial charge on any atom is -0.343 e. The SMILES string of the molecule is CC(C)NCc1cccc(Cl)c1N(C)c1ccc(F)cc1. The first-order valence-electron chi connectivity index (χ1n) is 6.99. The molecule has 0 atom stereocenters. The van der Waals surface area contributed by atoms with Crippen LogP contribution in [0.5, 0.6) is 0 Å². The van der Waals surface area contributed by atoms with Gasteiger partial charge in [-0.2, -0.15) is 0 Å². The lowest BCUT2D eigenvalue weighted by Gasteiger charge is -2.24. The Morgan fingerprint density at radius 1 is 1.14 bits per heavy atom. The van der Waals surface area contributed by atoms with Crippen LogP contribution in [-0.2, 0) is 6.54 Å². The normalized spacial score (nSPS) is 11.0. The van der Waals surface area contributed by atoms with Crippen LogP contribution in [0.25, 0.3) is 0 Å². The molecule has 0 heterocycles. The molecule has 0 amide bonds. The van der Waals surface area contributed by atoms with Crippen molar-refractivity contribution >= 4 is 23.0 Å². The molecule has 2 nitrogen and oxygen atoms in total. The number of rotatable bonds is 5. The highest BCUT2D eigenvalue weighted by atomic mass is 35.5. The standard InChI is InChI=1S/C17H20ClFN2/c1-12(2)20-11-13-5-4-6-16(18)17(13)21(3)15-9-7-14(19)8-10-15/h4-10,12,20H,11H2,1-3H3. The lowest BCUT2D eigenvalue weighted by molar-refractivity contribution is 0.589. The van der Waals surface area contributed by atoms with Crippen molar-refractivity contribution in [2.45, 2.75) is 26.4 Å². The molecule has 0 saturated heterocycles. The topological polar surface area (TPSA) is 15.3 Å². The Bertz CT molecular complexity index is 596. The van der Waals surface area contributed by atoms with E-state index in [0.29, 0.717) is 11.1 Å². The average molecular weight is 307 g/mol. The molecule has 2 aromatic rings. The third-order valence-electron chi connectivity index (χ3n) is 3.32. The van der Waals surface area contributed by atoms with Crippen molar-refractivity contribution in [2.75, 3.05) is 11.9 Å².